The number of aromatic amines is 1. The molecule has 1 amide bonds. The number of ether oxygens (including phenoxy) is 1. The molecule has 2 aliphatic heterocycles. The van der Waals surface area contributed by atoms with Crippen molar-refractivity contribution in [1.29, 1.82) is 0 Å². The standard InChI is InChI=1S/C12H14N2O2S/c15-11(8-2-1-5-13-12(8)17)14-9-6-7-3-4-10(9)16-7/h1-2,5,7,9-10H,3-4,6H2,(H,13,17)(H,14,15)/t7-,9-,10-/m1/s1. The topological polar surface area (TPSA) is 54.1 Å². The SMILES string of the molecule is O=C(N[C@@H]1C[C@H]2CC[C@H]1O2)c1ccc[nH]c1=S. The molecule has 0 aromatic carbocycles. The molecule has 0 spiro atoms. The number of amides is 1. The van der Waals surface area contributed by atoms with Crippen molar-refractivity contribution in [2.45, 2.75) is 37.5 Å². The minimum absolute atomic E-state index is 0.104. The summed E-state index contributed by atoms with van der Waals surface area (Å²) in [6.07, 6.45) is 5.37. The molecule has 0 aliphatic carbocycles. The number of fused-ring (bicyclic) bond motifs is 2. The smallest absolute Gasteiger partial charge is 0.254 e. The first kappa shape index (κ1) is 10.9. The molecule has 1 aromatic rings. The van der Waals surface area contributed by atoms with Crippen LogP contribution in [-0.2, 0) is 4.74 Å². The van der Waals surface area contributed by atoms with E-state index in [-0.39, 0.29) is 18.1 Å². The number of H-pyrrole nitrogens is 1. The van der Waals surface area contributed by atoms with E-state index in [0.29, 0.717) is 16.3 Å². The van der Waals surface area contributed by atoms with E-state index in [2.05, 4.69) is 10.3 Å². The molecule has 2 bridgehead atoms. The summed E-state index contributed by atoms with van der Waals surface area (Å²) in [5.74, 6) is -0.104. The summed E-state index contributed by atoms with van der Waals surface area (Å²) < 4.78 is 6.18. The first-order valence-corrected chi connectivity index (χ1v) is 6.29. The molecule has 17 heavy (non-hydrogen) atoms. The lowest BCUT2D eigenvalue weighted by molar-refractivity contribution is 0.0840. The van der Waals surface area contributed by atoms with Gasteiger partial charge in [0.2, 0.25) is 0 Å². The molecular weight excluding hydrogens is 236 g/mol. The Morgan fingerprint density at radius 2 is 2.41 bits per heavy atom. The average Bonchev–Trinajstić information content (AvgIpc) is 2.91. The van der Waals surface area contributed by atoms with Gasteiger partial charge in [0.15, 0.2) is 0 Å². The highest BCUT2D eigenvalue weighted by Gasteiger charge is 2.41. The van der Waals surface area contributed by atoms with E-state index in [1.165, 1.54) is 0 Å². The fourth-order valence-corrected chi connectivity index (χ4v) is 2.87. The second-order valence-electron chi connectivity index (χ2n) is 4.60. The molecular formula is C12H14N2O2S. The van der Waals surface area contributed by atoms with E-state index >= 15 is 0 Å². The van der Waals surface area contributed by atoms with Gasteiger partial charge < -0.3 is 15.0 Å². The molecule has 5 heteroatoms. The average molecular weight is 250 g/mol. The van der Waals surface area contributed by atoms with Gasteiger partial charge in [-0.25, -0.2) is 0 Å². The largest absolute Gasteiger partial charge is 0.373 e. The van der Waals surface area contributed by atoms with Gasteiger partial charge in [-0.2, -0.15) is 0 Å². The fourth-order valence-electron chi connectivity index (χ4n) is 2.64. The van der Waals surface area contributed by atoms with Crippen molar-refractivity contribution in [2.24, 2.45) is 0 Å². The van der Waals surface area contributed by atoms with Crippen LogP contribution in [-0.4, -0.2) is 29.1 Å². The van der Waals surface area contributed by atoms with Gasteiger partial charge in [-0.05, 0) is 31.4 Å². The number of rotatable bonds is 2. The van der Waals surface area contributed by atoms with Gasteiger partial charge in [0.25, 0.3) is 5.91 Å². The number of hydrogen-bond donors (Lipinski definition) is 2. The van der Waals surface area contributed by atoms with Crippen molar-refractivity contribution in [3.05, 3.63) is 28.5 Å². The quantitative estimate of drug-likeness (QED) is 0.787. The van der Waals surface area contributed by atoms with Crippen LogP contribution in [0, 0.1) is 4.64 Å². The molecule has 3 rings (SSSR count). The van der Waals surface area contributed by atoms with Gasteiger partial charge >= 0.3 is 0 Å². The monoisotopic (exact) mass is 250 g/mol. The maximum absolute atomic E-state index is 12.0. The highest BCUT2D eigenvalue weighted by molar-refractivity contribution is 7.71. The summed E-state index contributed by atoms with van der Waals surface area (Å²) in [4.78, 5) is 14.9. The number of aromatic nitrogens is 1. The van der Waals surface area contributed by atoms with Crippen molar-refractivity contribution in [3.8, 4) is 0 Å². The maximum Gasteiger partial charge on any atom is 0.254 e. The summed E-state index contributed by atoms with van der Waals surface area (Å²) in [5.41, 5.74) is 0.533. The zero-order chi connectivity index (χ0) is 11.8. The lowest BCUT2D eigenvalue weighted by Crippen LogP contribution is -2.41. The van der Waals surface area contributed by atoms with Gasteiger partial charge in [0, 0.05) is 6.20 Å². The molecule has 2 N–H and O–H groups in total. The summed E-state index contributed by atoms with van der Waals surface area (Å²) in [7, 11) is 0. The van der Waals surface area contributed by atoms with E-state index in [0.717, 1.165) is 19.3 Å². The van der Waals surface area contributed by atoms with Crippen LogP contribution >= 0.6 is 12.2 Å². The van der Waals surface area contributed by atoms with E-state index in [4.69, 9.17) is 17.0 Å². The molecule has 0 radical (unpaired) electrons. The Bertz CT molecular complexity index is 499. The second-order valence-corrected chi connectivity index (χ2v) is 5.01. The molecule has 4 nitrogen and oxygen atoms in total. The lowest BCUT2D eigenvalue weighted by Gasteiger charge is -2.19. The van der Waals surface area contributed by atoms with Crippen LogP contribution in [0.1, 0.15) is 29.6 Å². The van der Waals surface area contributed by atoms with Crippen LogP contribution in [0.4, 0.5) is 0 Å². The molecule has 90 valence electrons. The van der Waals surface area contributed by atoms with Gasteiger partial charge in [-0.3, -0.25) is 4.79 Å². The number of nitrogens with one attached hydrogen (secondary N) is 2. The lowest BCUT2D eigenvalue weighted by atomic mass is 9.95. The predicted octanol–water partition coefficient (Wildman–Crippen LogP) is 1.79. The molecule has 2 fully saturated rings. The number of hydrogen-bond acceptors (Lipinski definition) is 3. The van der Waals surface area contributed by atoms with Gasteiger partial charge in [0.1, 0.15) is 4.64 Å². The third-order valence-corrected chi connectivity index (χ3v) is 3.82. The van der Waals surface area contributed by atoms with Crippen LogP contribution in [0.15, 0.2) is 18.3 Å². The van der Waals surface area contributed by atoms with E-state index in [1.807, 2.05) is 0 Å². The van der Waals surface area contributed by atoms with Crippen LogP contribution < -0.4 is 5.32 Å². The number of pyridine rings is 1. The Balaban J connectivity index is 1.72. The number of carbonyl (C=O) groups is 1. The third-order valence-electron chi connectivity index (χ3n) is 3.49. The first-order valence-electron chi connectivity index (χ1n) is 5.88. The predicted molar refractivity (Wildman–Crippen MR) is 65.4 cm³/mol. The van der Waals surface area contributed by atoms with Gasteiger partial charge in [0.05, 0.1) is 23.8 Å². The van der Waals surface area contributed by atoms with Crippen LogP contribution in [0.5, 0.6) is 0 Å². The van der Waals surface area contributed by atoms with Crippen molar-refractivity contribution < 1.29 is 9.53 Å². The van der Waals surface area contributed by atoms with Gasteiger partial charge in [-0.15, -0.1) is 0 Å². The van der Waals surface area contributed by atoms with Crippen molar-refractivity contribution in [2.75, 3.05) is 0 Å². The summed E-state index contributed by atoms with van der Waals surface area (Å²) in [5, 5.41) is 3.02. The Morgan fingerprint density at radius 1 is 1.53 bits per heavy atom. The van der Waals surface area contributed by atoms with Crippen LogP contribution in [0.2, 0.25) is 0 Å². The molecule has 2 aliphatic rings. The summed E-state index contributed by atoms with van der Waals surface area (Å²) in [6.45, 7) is 0. The Kier molecular flexibility index (Phi) is 2.72. The third kappa shape index (κ3) is 2.00. The van der Waals surface area contributed by atoms with E-state index < -0.39 is 0 Å². The van der Waals surface area contributed by atoms with Crippen molar-refractivity contribution >= 4 is 18.1 Å². The minimum atomic E-state index is -0.104. The highest BCUT2D eigenvalue weighted by atomic mass is 32.1. The summed E-state index contributed by atoms with van der Waals surface area (Å²) in [6, 6.07) is 3.67. The van der Waals surface area contributed by atoms with E-state index in [9.17, 15) is 4.79 Å². The normalized spacial score (nSPS) is 30.5. The van der Waals surface area contributed by atoms with Crippen molar-refractivity contribution in [1.82, 2.24) is 10.3 Å². The minimum Gasteiger partial charge on any atom is -0.373 e. The highest BCUT2D eigenvalue weighted by Crippen LogP contribution is 2.34. The van der Waals surface area contributed by atoms with Crippen LogP contribution in [0.3, 0.4) is 0 Å². The molecule has 3 atom stereocenters. The van der Waals surface area contributed by atoms with Gasteiger partial charge in [-0.1, -0.05) is 12.2 Å². The molecule has 0 unspecified atom stereocenters. The Hall–Kier alpha value is -1.20. The molecule has 0 saturated carbocycles. The zero-order valence-corrected chi connectivity index (χ0v) is 10.1. The zero-order valence-electron chi connectivity index (χ0n) is 9.31. The second kappa shape index (κ2) is 4.23. The Labute approximate surface area is 104 Å². The summed E-state index contributed by atoms with van der Waals surface area (Å²) >= 11 is 5.09. The Morgan fingerprint density at radius 3 is 3.06 bits per heavy atom. The molecule has 2 saturated heterocycles. The molecule has 1 aromatic heterocycles. The van der Waals surface area contributed by atoms with Crippen LogP contribution in [0.25, 0.3) is 0 Å². The molecule has 3 heterocycles. The first-order chi connectivity index (χ1) is 8.24. The van der Waals surface area contributed by atoms with E-state index in [1.54, 1.807) is 18.3 Å². The number of carbonyl (C=O) groups excluding carboxylic acids is 1. The maximum atomic E-state index is 12.0. The van der Waals surface area contributed by atoms with Crippen molar-refractivity contribution in [3.63, 3.8) is 0 Å². The fraction of sp³-hybridized carbons (Fsp3) is 0.500.